The third-order valence-corrected chi connectivity index (χ3v) is 2.40. The van der Waals surface area contributed by atoms with Crippen molar-refractivity contribution in [1.29, 1.82) is 0 Å². The molecular weight excluding hydrogens is 258 g/mol. The van der Waals surface area contributed by atoms with Crippen LogP contribution in [0, 0.1) is 6.92 Å². The van der Waals surface area contributed by atoms with Gasteiger partial charge in [-0.15, -0.1) is 0 Å². The van der Waals surface area contributed by atoms with Gasteiger partial charge in [0.2, 0.25) is 0 Å². The van der Waals surface area contributed by atoms with Gasteiger partial charge in [-0.3, -0.25) is 0 Å². The lowest BCUT2D eigenvalue weighted by Crippen LogP contribution is -2.32. The fraction of sp³-hybridized carbons (Fsp3) is 0.455. The van der Waals surface area contributed by atoms with E-state index in [1.165, 1.54) is 11.0 Å². The summed E-state index contributed by atoms with van der Waals surface area (Å²) in [7, 11) is 0. The number of oxime groups is 1. The van der Waals surface area contributed by atoms with Crippen LogP contribution in [0.2, 0.25) is 0 Å². The first-order valence-corrected chi connectivity index (χ1v) is 5.58. The molecule has 4 N–H and O–H groups in total. The van der Waals surface area contributed by atoms with E-state index in [1.54, 1.807) is 13.0 Å². The molecule has 0 bridgehead atoms. The first-order valence-electron chi connectivity index (χ1n) is 5.58. The van der Waals surface area contributed by atoms with Crippen molar-refractivity contribution in [3.8, 4) is 0 Å². The number of aliphatic hydroxyl groups excluding tert-OH is 1. The summed E-state index contributed by atoms with van der Waals surface area (Å²) in [6.07, 6.45) is -2.55. The van der Waals surface area contributed by atoms with Gasteiger partial charge in [0.05, 0.1) is 13.2 Å². The second kappa shape index (κ2) is 6.83. The van der Waals surface area contributed by atoms with Crippen LogP contribution in [0.1, 0.15) is 11.3 Å². The van der Waals surface area contributed by atoms with Crippen LogP contribution in [0.3, 0.4) is 0 Å². The van der Waals surface area contributed by atoms with Crippen LogP contribution in [-0.2, 0) is 0 Å². The minimum atomic E-state index is -2.55. The van der Waals surface area contributed by atoms with E-state index in [0.717, 1.165) is 0 Å². The lowest BCUT2D eigenvalue weighted by molar-refractivity contribution is 0.152. The number of rotatable bonds is 6. The minimum Gasteiger partial charge on any atom is -0.409 e. The average molecular weight is 274 g/mol. The monoisotopic (exact) mass is 274 g/mol. The van der Waals surface area contributed by atoms with E-state index in [0.29, 0.717) is 11.3 Å². The molecule has 1 aromatic rings. The molecule has 0 aliphatic rings. The molecule has 8 heteroatoms. The fourth-order valence-electron chi connectivity index (χ4n) is 1.61. The van der Waals surface area contributed by atoms with Crippen molar-refractivity contribution in [1.82, 2.24) is 4.98 Å². The Balaban J connectivity index is 3.11. The fourth-order valence-corrected chi connectivity index (χ4v) is 1.61. The van der Waals surface area contributed by atoms with E-state index in [1.807, 2.05) is 0 Å². The number of pyridine rings is 1. The molecule has 19 heavy (non-hydrogen) atoms. The first-order chi connectivity index (χ1) is 8.97. The number of anilines is 1. The van der Waals surface area contributed by atoms with E-state index in [-0.39, 0.29) is 24.8 Å². The molecular formula is C11H16F2N4O2. The highest BCUT2D eigenvalue weighted by Gasteiger charge is 2.15. The van der Waals surface area contributed by atoms with Gasteiger partial charge in [-0.05, 0) is 19.1 Å². The molecule has 1 aromatic heterocycles. The van der Waals surface area contributed by atoms with Gasteiger partial charge in [-0.25, -0.2) is 13.8 Å². The number of amidine groups is 1. The second-order valence-corrected chi connectivity index (χ2v) is 3.90. The molecule has 0 radical (unpaired) electrons. The maximum Gasteiger partial charge on any atom is 0.255 e. The molecule has 0 amide bonds. The van der Waals surface area contributed by atoms with Crippen molar-refractivity contribution in [2.24, 2.45) is 10.9 Å². The Kier molecular flexibility index (Phi) is 5.43. The molecule has 106 valence electrons. The number of halogens is 2. The summed E-state index contributed by atoms with van der Waals surface area (Å²) in [5, 5.41) is 20.4. The van der Waals surface area contributed by atoms with E-state index < -0.39 is 13.0 Å². The maximum atomic E-state index is 12.5. The molecule has 1 heterocycles. The Hall–Kier alpha value is -1.96. The Morgan fingerprint density at radius 2 is 2.21 bits per heavy atom. The predicted octanol–water partition coefficient (Wildman–Crippen LogP) is 0.548. The van der Waals surface area contributed by atoms with Gasteiger partial charge in [0.15, 0.2) is 5.84 Å². The van der Waals surface area contributed by atoms with Crippen LogP contribution in [-0.4, -0.2) is 47.3 Å². The summed E-state index contributed by atoms with van der Waals surface area (Å²) in [4.78, 5) is 5.35. The molecule has 0 fully saturated rings. The van der Waals surface area contributed by atoms with Crippen molar-refractivity contribution in [3.05, 3.63) is 23.4 Å². The molecule has 1 rings (SSSR count). The van der Waals surface area contributed by atoms with Gasteiger partial charge in [0.1, 0.15) is 5.82 Å². The van der Waals surface area contributed by atoms with E-state index in [9.17, 15) is 8.78 Å². The Morgan fingerprint density at radius 1 is 1.53 bits per heavy atom. The SMILES string of the molecule is Cc1cc(/C(N)=N/O)cc(N(CCO)CC(F)F)n1. The zero-order chi connectivity index (χ0) is 14.4. The highest BCUT2D eigenvalue weighted by Crippen LogP contribution is 2.16. The van der Waals surface area contributed by atoms with Crippen LogP contribution in [0.15, 0.2) is 17.3 Å². The van der Waals surface area contributed by atoms with Crippen molar-refractivity contribution >= 4 is 11.7 Å². The molecule has 0 unspecified atom stereocenters. The Morgan fingerprint density at radius 3 is 2.74 bits per heavy atom. The van der Waals surface area contributed by atoms with Crippen molar-refractivity contribution < 1.29 is 19.1 Å². The first kappa shape index (κ1) is 15.1. The zero-order valence-electron chi connectivity index (χ0n) is 10.4. The van der Waals surface area contributed by atoms with Crippen LogP contribution in [0.5, 0.6) is 0 Å². The normalized spacial score (nSPS) is 11.9. The number of hydrogen-bond acceptors (Lipinski definition) is 5. The number of nitrogens with zero attached hydrogens (tertiary/aromatic N) is 3. The van der Waals surface area contributed by atoms with Crippen molar-refractivity contribution in [2.45, 2.75) is 13.3 Å². The molecule has 6 nitrogen and oxygen atoms in total. The number of aryl methyl sites for hydroxylation is 1. The molecule has 0 saturated carbocycles. The molecule has 0 aromatic carbocycles. The van der Waals surface area contributed by atoms with Crippen molar-refractivity contribution in [3.63, 3.8) is 0 Å². The summed E-state index contributed by atoms with van der Waals surface area (Å²) in [6, 6.07) is 3.00. The minimum absolute atomic E-state index is 0.0242. The van der Waals surface area contributed by atoms with Crippen LogP contribution < -0.4 is 10.6 Å². The highest BCUT2D eigenvalue weighted by molar-refractivity contribution is 5.97. The number of hydrogen-bond donors (Lipinski definition) is 3. The third-order valence-electron chi connectivity index (χ3n) is 2.40. The van der Waals surface area contributed by atoms with Gasteiger partial charge < -0.3 is 20.9 Å². The molecule has 0 atom stereocenters. The van der Waals surface area contributed by atoms with E-state index >= 15 is 0 Å². The largest absolute Gasteiger partial charge is 0.409 e. The molecule has 0 aliphatic heterocycles. The Bertz CT molecular complexity index is 454. The van der Waals surface area contributed by atoms with Crippen molar-refractivity contribution in [2.75, 3.05) is 24.6 Å². The summed E-state index contributed by atoms with van der Waals surface area (Å²) in [5.74, 6) is 0.115. The lowest BCUT2D eigenvalue weighted by atomic mass is 10.2. The lowest BCUT2D eigenvalue weighted by Gasteiger charge is -2.23. The molecule has 0 spiro atoms. The van der Waals surface area contributed by atoms with Gasteiger partial charge in [-0.2, -0.15) is 0 Å². The molecule has 0 saturated heterocycles. The number of nitrogens with two attached hydrogens (primary N) is 1. The summed E-state index contributed by atoms with van der Waals surface area (Å²) >= 11 is 0. The maximum absolute atomic E-state index is 12.5. The average Bonchev–Trinajstić information content (AvgIpc) is 2.36. The summed E-state index contributed by atoms with van der Waals surface area (Å²) in [5.41, 5.74) is 6.38. The Labute approximate surface area is 109 Å². The van der Waals surface area contributed by atoms with Crippen LogP contribution in [0.25, 0.3) is 0 Å². The number of alkyl halides is 2. The number of aromatic nitrogens is 1. The van der Waals surface area contributed by atoms with Crippen LogP contribution >= 0.6 is 0 Å². The highest BCUT2D eigenvalue weighted by atomic mass is 19.3. The summed E-state index contributed by atoms with van der Waals surface area (Å²) in [6.45, 7) is 0.863. The standard InChI is InChI=1S/C11H16F2N4O2/c1-7-4-8(11(14)16-19)5-10(15-7)17(2-3-18)6-9(12)13/h4-5,9,18-19H,2-3,6H2,1H3,(H2,14,16). The number of aliphatic hydroxyl groups is 1. The van der Waals surface area contributed by atoms with Gasteiger partial charge in [0.25, 0.3) is 6.43 Å². The smallest absolute Gasteiger partial charge is 0.255 e. The quantitative estimate of drug-likeness (QED) is 0.305. The second-order valence-electron chi connectivity index (χ2n) is 3.90. The van der Waals surface area contributed by atoms with Crippen LogP contribution in [0.4, 0.5) is 14.6 Å². The van der Waals surface area contributed by atoms with Gasteiger partial charge in [-0.1, -0.05) is 5.16 Å². The predicted molar refractivity (Wildman–Crippen MR) is 66.8 cm³/mol. The third kappa shape index (κ3) is 4.32. The van der Waals surface area contributed by atoms with Gasteiger partial charge >= 0.3 is 0 Å². The zero-order valence-corrected chi connectivity index (χ0v) is 10.4. The molecule has 0 aliphatic carbocycles. The van der Waals surface area contributed by atoms with E-state index in [2.05, 4.69) is 10.1 Å². The topological polar surface area (TPSA) is 95.0 Å². The van der Waals surface area contributed by atoms with Gasteiger partial charge in [0, 0.05) is 17.8 Å². The van der Waals surface area contributed by atoms with E-state index in [4.69, 9.17) is 16.0 Å². The summed E-state index contributed by atoms with van der Waals surface area (Å²) < 4.78 is 25.0.